The quantitative estimate of drug-likeness (QED) is 0.703. The highest BCUT2D eigenvalue weighted by Crippen LogP contribution is 2.56. The Balaban J connectivity index is 2.19. The van der Waals surface area contributed by atoms with E-state index < -0.39 is 0 Å². The summed E-state index contributed by atoms with van der Waals surface area (Å²) in [5, 5.41) is 9.68. The second kappa shape index (κ2) is 3.03. The molecule has 1 heteroatoms. The molecule has 0 spiro atoms. The lowest BCUT2D eigenvalue weighted by molar-refractivity contribution is 0.318. The predicted molar refractivity (Wildman–Crippen MR) is 65.6 cm³/mol. The van der Waals surface area contributed by atoms with Crippen LogP contribution >= 0.6 is 0 Å². The van der Waals surface area contributed by atoms with Crippen LogP contribution in [0, 0.1) is 17.8 Å². The number of aromatic hydroxyl groups is 1. The van der Waals surface area contributed by atoms with Gasteiger partial charge in [-0.1, -0.05) is 26.8 Å². The SMILES string of the molecule is C[C@@H]1C2Cc3ccc(O)cc3[C@@](C)(C2)[C@H]1C. The van der Waals surface area contributed by atoms with Gasteiger partial charge in [0.05, 0.1) is 0 Å². The average molecular weight is 216 g/mol. The molecule has 16 heavy (non-hydrogen) atoms. The third-order valence-corrected chi connectivity index (χ3v) is 5.41. The fourth-order valence-electron chi connectivity index (χ4n) is 4.07. The summed E-state index contributed by atoms with van der Waals surface area (Å²) in [6, 6.07) is 5.96. The average Bonchev–Trinajstić information content (AvgIpc) is 2.44. The zero-order valence-corrected chi connectivity index (χ0v) is 10.3. The maximum Gasteiger partial charge on any atom is 0.115 e. The summed E-state index contributed by atoms with van der Waals surface area (Å²) in [4.78, 5) is 0. The first kappa shape index (κ1) is 10.2. The van der Waals surface area contributed by atoms with Gasteiger partial charge in [0.15, 0.2) is 0 Å². The van der Waals surface area contributed by atoms with Gasteiger partial charge < -0.3 is 5.11 Å². The van der Waals surface area contributed by atoms with Gasteiger partial charge in [-0.2, -0.15) is 0 Å². The molecular weight excluding hydrogens is 196 g/mol. The van der Waals surface area contributed by atoms with Crippen molar-refractivity contribution in [2.24, 2.45) is 17.8 Å². The molecule has 0 radical (unpaired) electrons. The molecule has 1 saturated carbocycles. The van der Waals surface area contributed by atoms with Crippen molar-refractivity contribution in [1.29, 1.82) is 0 Å². The molecule has 1 nitrogen and oxygen atoms in total. The number of phenols is 1. The van der Waals surface area contributed by atoms with E-state index >= 15 is 0 Å². The summed E-state index contributed by atoms with van der Waals surface area (Å²) in [6.07, 6.45) is 2.50. The third-order valence-electron chi connectivity index (χ3n) is 5.41. The molecule has 0 aromatic heterocycles. The second-order valence-electron chi connectivity index (χ2n) is 6.08. The number of fused-ring (bicyclic) bond motifs is 4. The standard InChI is InChI=1S/C15H20O/c1-9-10(2)15(3)8-12(9)6-11-4-5-13(16)7-14(11)15/h4-5,7,9-10,12,16H,6,8H2,1-3H3/t9-,10-,12?,15-/m0/s1. The fourth-order valence-corrected chi connectivity index (χ4v) is 4.07. The molecule has 1 N–H and O–H groups in total. The van der Waals surface area contributed by atoms with Crippen LogP contribution in [0.5, 0.6) is 5.75 Å². The Bertz CT molecular complexity index is 437. The molecule has 1 aromatic carbocycles. The van der Waals surface area contributed by atoms with E-state index in [0.717, 1.165) is 17.8 Å². The van der Waals surface area contributed by atoms with Crippen LogP contribution in [0.2, 0.25) is 0 Å². The van der Waals surface area contributed by atoms with Gasteiger partial charge in [-0.3, -0.25) is 0 Å². The molecule has 0 heterocycles. The molecule has 1 unspecified atom stereocenters. The van der Waals surface area contributed by atoms with Crippen LogP contribution in [-0.2, 0) is 11.8 Å². The van der Waals surface area contributed by atoms with Crippen molar-refractivity contribution in [3.05, 3.63) is 29.3 Å². The lowest BCUT2D eigenvalue weighted by Gasteiger charge is -2.35. The fraction of sp³-hybridized carbons (Fsp3) is 0.600. The minimum Gasteiger partial charge on any atom is -0.508 e. The van der Waals surface area contributed by atoms with Gasteiger partial charge in [0.25, 0.3) is 0 Å². The van der Waals surface area contributed by atoms with Gasteiger partial charge in [-0.15, -0.1) is 0 Å². The third kappa shape index (κ3) is 1.12. The summed E-state index contributed by atoms with van der Waals surface area (Å²) in [5.41, 5.74) is 3.16. The maximum absolute atomic E-state index is 9.68. The Kier molecular flexibility index (Phi) is 1.93. The minimum absolute atomic E-state index is 0.288. The van der Waals surface area contributed by atoms with E-state index in [1.54, 1.807) is 0 Å². The molecule has 86 valence electrons. The van der Waals surface area contributed by atoms with Crippen LogP contribution in [-0.4, -0.2) is 5.11 Å². The molecule has 4 atom stereocenters. The molecule has 1 aromatic rings. The molecule has 2 aliphatic carbocycles. The Morgan fingerprint density at radius 3 is 2.81 bits per heavy atom. The molecule has 1 fully saturated rings. The zero-order chi connectivity index (χ0) is 11.5. The molecule has 2 bridgehead atoms. The summed E-state index contributed by atoms with van der Waals surface area (Å²) < 4.78 is 0. The lowest BCUT2D eigenvalue weighted by atomic mass is 9.69. The van der Waals surface area contributed by atoms with Crippen LogP contribution in [0.25, 0.3) is 0 Å². The van der Waals surface area contributed by atoms with E-state index in [4.69, 9.17) is 0 Å². The topological polar surface area (TPSA) is 20.2 Å². The highest BCUT2D eigenvalue weighted by molar-refractivity contribution is 5.44. The van der Waals surface area contributed by atoms with Crippen molar-refractivity contribution in [2.75, 3.05) is 0 Å². The van der Waals surface area contributed by atoms with Crippen molar-refractivity contribution in [3.8, 4) is 5.75 Å². The number of benzene rings is 1. The van der Waals surface area contributed by atoms with E-state index in [1.165, 1.54) is 24.0 Å². The first-order valence-corrected chi connectivity index (χ1v) is 6.35. The predicted octanol–water partition coefficient (Wildman–Crippen LogP) is 3.50. The first-order valence-electron chi connectivity index (χ1n) is 6.35. The summed E-state index contributed by atoms with van der Waals surface area (Å²) in [6.45, 7) is 7.15. The van der Waals surface area contributed by atoms with E-state index in [0.29, 0.717) is 5.75 Å². The Morgan fingerprint density at radius 1 is 1.31 bits per heavy atom. The molecule has 2 aliphatic rings. The van der Waals surface area contributed by atoms with Gasteiger partial charge in [0.2, 0.25) is 0 Å². The van der Waals surface area contributed by atoms with E-state index in [-0.39, 0.29) is 5.41 Å². The molecule has 0 amide bonds. The summed E-state index contributed by atoms with van der Waals surface area (Å²) in [5.74, 6) is 2.79. The smallest absolute Gasteiger partial charge is 0.115 e. The van der Waals surface area contributed by atoms with E-state index in [2.05, 4.69) is 26.8 Å². The monoisotopic (exact) mass is 216 g/mol. The van der Waals surface area contributed by atoms with E-state index in [9.17, 15) is 5.11 Å². The summed E-state index contributed by atoms with van der Waals surface area (Å²) >= 11 is 0. The van der Waals surface area contributed by atoms with Gasteiger partial charge in [-0.05, 0) is 59.3 Å². The molecule has 0 saturated heterocycles. The van der Waals surface area contributed by atoms with Crippen LogP contribution in [0.1, 0.15) is 38.3 Å². The number of hydrogen-bond acceptors (Lipinski definition) is 1. The van der Waals surface area contributed by atoms with Gasteiger partial charge >= 0.3 is 0 Å². The molecule has 3 rings (SSSR count). The number of phenolic OH excluding ortho intramolecular Hbond substituents is 1. The van der Waals surface area contributed by atoms with Crippen molar-refractivity contribution >= 4 is 0 Å². The first-order chi connectivity index (χ1) is 7.52. The van der Waals surface area contributed by atoms with Crippen molar-refractivity contribution in [1.82, 2.24) is 0 Å². The van der Waals surface area contributed by atoms with Crippen molar-refractivity contribution in [3.63, 3.8) is 0 Å². The van der Waals surface area contributed by atoms with Crippen molar-refractivity contribution in [2.45, 2.75) is 39.0 Å². The maximum atomic E-state index is 9.68. The van der Waals surface area contributed by atoms with Crippen molar-refractivity contribution < 1.29 is 5.11 Å². The van der Waals surface area contributed by atoms with Crippen LogP contribution in [0.3, 0.4) is 0 Å². The summed E-state index contributed by atoms with van der Waals surface area (Å²) in [7, 11) is 0. The zero-order valence-electron chi connectivity index (χ0n) is 10.3. The van der Waals surface area contributed by atoms with Gasteiger partial charge in [0, 0.05) is 0 Å². The van der Waals surface area contributed by atoms with Crippen LogP contribution in [0.4, 0.5) is 0 Å². The Labute approximate surface area is 97.5 Å². The molecule has 0 aliphatic heterocycles. The van der Waals surface area contributed by atoms with Gasteiger partial charge in [0.1, 0.15) is 5.75 Å². The Morgan fingerprint density at radius 2 is 2.06 bits per heavy atom. The Hall–Kier alpha value is -0.980. The highest BCUT2D eigenvalue weighted by Gasteiger charge is 2.50. The van der Waals surface area contributed by atoms with Crippen LogP contribution < -0.4 is 0 Å². The van der Waals surface area contributed by atoms with Crippen LogP contribution in [0.15, 0.2) is 18.2 Å². The van der Waals surface area contributed by atoms with Gasteiger partial charge in [-0.25, -0.2) is 0 Å². The number of rotatable bonds is 0. The largest absolute Gasteiger partial charge is 0.508 e. The van der Waals surface area contributed by atoms with E-state index in [1.807, 2.05) is 12.1 Å². The second-order valence-corrected chi connectivity index (χ2v) is 6.08. The number of hydrogen-bond donors (Lipinski definition) is 1. The molecular formula is C15H20O. The lowest BCUT2D eigenvalue weighted by Crippen LogP contribution is -2.29. The normalized spacial score (nSPS) is 40.8. The highest BCUT2D eigenvalue weighted by atomic mass is 16.3. The minimum atomic E-state index is 0.288.